The molecule has 0 aliphatic carbocycles. The number of carbonyl (C=O) groups excluding carboxylic acids is 1. The fourth-order valence-electron chi connectivity index (χ4n) is 1.59. The SMILES string of the molecule is COc1ccc(C(=O)Nc2c(F)cc(F)cc2F)cc1. The number of methoxy groups -OCH3 is 1. The van der Waals surface area contributed by atoms with Gasteiger partial charge >= 0.3 is 0 Å². The number of hydrogen-bond acceptors (Lipinski definition) is 2. The molecule has 0 radical (unpaired) electrons. The maximum Gasteiger partial charge on any atom is 0.255 e. The molecule has 0 spiro atoms. The zero-order chi connectivity index (χ0) is 14.7. The van der Waals surface area contributed by atoms with E-state index in [1.165, 1.54) is 31.4 Å². The Balaban J connectivity index is 2.23. The largest absolute Gasteiger partial charge is 0.497 e. The van der Waals surface area contributed by atoms with E-state index in [1.807, 2.05) is 0 Å². The van der Waals surface area contributed by atoms with Crippen molar-refractivity contribution in [2.45, 2.75) is 0 Å². The Morgan fingerprint density at radius 2 is 1.60 bits per heavy atom. The molecule has 0 fully saturated rings. The average Bonchev–Trinajstić information content (AvgIpc) is 2.42. The van der Waals surface area contributed by atoms with Gasteiger partial charge in [0.1, 0.15) is 17.3 Å². The van der Waals surface area contributed by atoms with Gasteiger partial charge in [-0.25, -0.2) is 13.2 Å². The van der Waals surface area contributed by atoms with Gasteiger partial charge in [-0.2, -0.15) is 0 Å². The first-order chi connectivity index (χ1) is 9.51. The third-order valence-electron chi connectivity index (χ3n) is 2.60. The highest BCUT2D eigenvalue weighted by Crippen LogP contribution is 2.21. The van der Waals surface area contributed by atoms with E-state index >= 15 is 0 Å². The fourth-order valence-corrected chi connectivity index (χ4v) is 1.59. The summed E-state index contributed by atoms with van der Waals surface area (Å²) in [7, 11) is 1.47. The molecule has 0 heterocycles. The van der Waals surface area contributed by atoms with E-state index in [0.717, 1.165) is 0 Å². The van der Waals surface area contributed by atoms with Gasteiger partial charge in [-0.3, -0.25) is 4.79 Å². The number of anilines is 1. The number of carbonyl (C=O) groups is 1. The summed E-state index contributed by atoms with van der Waals surface area (Å²) in [4.78, 5) is 11.8. The molecule has 1 N–H and O–H groups in total. The van der Waals surface area contributed by atoms with Crippen LogP contribution in [-0.2, 0) is 0 Å². The van der Waals surface area contributed by atoms with Crippen LogP contribution in [0.15, 0.2) is 36.4 Å². The maximum absolute atomic E-state index is 13.4. The van der Waals surface area contributed by atoms with Crippen molar-refractivity contribution in [1.82, 2.24) is 0 Å². The number of amides is 1. The molecule has 0 bridgehead atoms. The third kappa shape index (κ3) is 2.90. The minimum absolute atomic E-state index is 0.189. The first-order valence-electron chi connectivity index (χ1n) is 5.61. The maximum atomic E-state index is 13.4. The average molecular weight is 281 g/mol. The monoisotopic (exact) mass is 281 g/mol. The second kappa shape index (κ2) is 5.64. The lowest BCUT2D eigenvalue weighted by atomic mass is 10.2. The normalized spacial score (nSPS) is 10.2. The third-order valence-corrected chi connectivity index (χ3v) is 2.60. The number of benzene rings is 2. The highest BCUT2D eigenvalue weighted by Gasteiger charge is 2.15. The summed E-state index contributed by atoms with van der Waals surface area (Å²) in [6, 6.07) is 6.93. The highest BCUT2D eigenvalue weighted by molar-refractivity contribution is 6.04. The Labute approximate surface area is 113 Å². The second-order valence-corrected chi connectivity index (χ2v) is 3.93. The van der Waals surface area contributed by atoms with Gasteiger partial charge in [-0.15, -0.1) is 0 Å². The van der Waals surface area contributed by atoms with E-state index in [-0.39, 0.29) is 5.56 Å². The Bertz CT molecular complexity index is 618. The first kappa shape index (κ1) is 13.9. The summed E-state index contributed by atoms with van der Waals surface area (Å²) in [5.41, 5.74) is -0.499. The van der Waals surface area contributed by atoms with Crippen LogP contribution in [0.4, 0.5) is 18.9 Å². The van der Waals surface area contributed by atoms with Crippen LogP contribution in [0.25, 0.3) is 0 Å². The number of halogens is 3. The molecule has 1 amide bonds. The van der Waals surface area contributed by atoms with E-state index in [2.05, 4.69) is 5.32 Å². The summed E-state index contributed by atoms with van der Waals surface area (Å²) in [6.07, 6.45) is 0. The number of hydrogen-bond donors (Lipinski definition) is 1. The van der Waals surface area contributed by atoms with Gasteiger partial charge in [0.15, 0.2) is 11.6 Å². The van der Waals surface area contributed by atoms with Gasteiger partial charge in [0.05, 0.1) is 7.11 Å². The summed E-state index contributed by atoms with van der Waals surface area (Å²) in [5.74, 6) is -3.58. The zero-order valence-electron chi connectivity index (χ0n) is 10.4. The second-order valence-electron chi connectivity index (χ2n) is 3.93. The van der Waals surface area contributed by atoms with Crippen molar-refractivity contribution in [2.75, 3.05) is 12.4 Å². The van der Waals surface area contributed by atoms with Crippen molar-refractivity contribution >= 4 is 11.6 Å². The molecule has 2 aromatic rings. The van der Waals surface area contributed by atoms with Crippen molar-refractivity contribution in [3.8, 4) is 5.75 Å². The molecule has 6 heteroatoms. The van der Waals surface area contributed by atoms with Gasteiger partial charge in [0.2, 0.25) is 0 Å². The predicted octanol–water partition coefficient (Wildman–Crippen LogP) is 3.36. The molecule has 0 aliphatic rings. The van der Waals surface area contributed by atoms with Crippen LogP contribution in [0, 0.1) is 17.5 Å². The lowest BCUT2D eigenvalue weighted by Gasteiger charge is -2.08. The minimum Gasteiger partial charge on any atom is -0.497 e. The number of ether oxygens (including phenoxy) is 1. The Morgan fingerprint density at radius 1 is 1.05 bits per heavy atom. The molecule has 0 aliphatic heterocycles. The van der Waals surface area contributed by atoms with Crippen LogP contribution in [0.3, 0.4) is 0 Å². The van der Waals surface area contributed by atoms with Gasteiger partial charge < -0.3 is 10.1 Å². The Hall–Kier alpha value is -2.50. The van der Waals surface area contributed by atoms with Crippen LogP contribution in [-0.4, -0.2) is 13.0 Å². The van der Waals surface area contributed by atoms with Crippen LogP contribution < -0.4 is 10.1 Å². The molecule has 0 saturated carbocycles. The summed E-state index contributed by atoms with van der Waals surface area (Å²) in [5, 5.41) is 2.06. The van der Waals surface area contributed by atoms with Crippen molar-refractivity contribution in [1.29, 1.82) is 0 Å². The van der Waals surface area contributed by atoms with Gasteiger partial charge in [0, 0.05) is 17.7 Å². The molecule has 20 heavy (non-hydrogen) atoms. The summed E-state index contributed by atoms with van der Waals surface area (Å²) < 4.78 is 44.5. The Morgan fingerprint density at radius 3 is 2.10 bits per heavy atom. The van der Waals surface area contributed by atoms with Crippen LogP contribution in [0.2, 0.25) is 0 Å². The number of nitrogens with one attached hydrogen (secondary N) is 1. The molecular weight excluding hydrogens is 271 g/mol. The van der Waals surface area contributed by atoms with Gasteiger partial charge in [0.25, 0.3) is 5.91 Å². The van der Waals surface area contributed by atoms with E-state index in [9.17, 15) is 18.0 Å². The lowest BCUT2D eigenvalue weighted by molar-refractivity contribution is 0.102. The molecule has 104 valence electrons. The Kier molecular flexibility index (Phi) is 3.93. The van der Waals surface area contributed by atoms with Crippen molar-refractivity contribution in [2.24, 2.45) is 0 Å². The summed E-state index contributed by atoms with van der Waals surface area (Å²) >= 11 is 0. The minimum atomic E-state index is -1.18. The molecule has 2 aromatic carbocycles. The molecule has 0 atom stereocenters. The summed E-state index contributed by atoms with van der Waals surface area (Å²) in [6.45, 7) is 0. The molecule has 3 nitrogen and oxygen atoms in total. The van der Waals surface area contributed by atoms with E-state index < -0.39 is 29.0 Å². The molecule has 0 unspecified atom stereocenters. The molecule has 0 aromatic heterocycles. The molecule has 0 saturated heterocycles. The quantitative estimate of drug-likeness (QED) is 0.936. The molecule has 2 rings (SSSR count). The van der Waals surface area contributed by atoms with Crippen molar-refractivity contribution in [3.63, 3.8) is 0 Å². The topological polar surface area (TPSA) is 38.3 Å². The van der Waals surface area contributed by atoms with Crippen LogP contribution in [0.5, 0.6) is 5.75 Å². The van der Waals surface area contributed by atoms with E-state index in [0.29, 0.717) is 17.9 Å². The standard InChI is InChI=1S/C14H10F3NO2/c1-20-10-4-2-8(3-5-10)14(19)18-13-11(16)6-9(15)7-12(13)17/h2-7H,1H3,(H,18,19). The predicted molar refractivity (Wildman–Crippen MR) is 67.3 cm³/mol. The van der Waals surface area contributed by atoms with E-state index in [1.54, 1.807) is 0 Å². The van der Waals surface area contributed by atoms with Crippen LogP contribution >= 0.6 is 0 Å². The lowest BCUT2D eigenvalue weighted by Crippen LogP contribution is -2.14. The van der Waals surface area contributed by atoms with Crippen molar-refractivity contribution < 1.29 is 22.7 Å². The van der Waals surface area contributed by atoms with E-state index in [4.69, 9.17) is 4.74 Å². The smallest absolute Gasteiger partial charge is 0.255 e. The number of rotatable bonds is 3. The zero-order valence-corrected chi connectivity index (χ0v) is 10.4. The fraction of sp³-hybridized carbons (Fsp3) is 0.0714. The first-order valence-corrected chi connectivity index (χ1v) is 5.61. The van der Waals surface area contributed by atoms with Gasteiger partial charge in [-0.1, -0.05) is 0 Å². The molecular formula is C14H10F3NO2. The highest BCUT2D eigenvalue weighted by atomic mass is 19.1. The van der Waals surface area contributed by atoms with Gasteiger partial charge in [-0.05, 0) is 24.3 Å². The van der Waals surface area contributed by atoms with Crippen LogP contribution in [0.1, 0.15) is 10.4 Å². The van der Waals surface area contributed by atoms with Crippen molar-refractivity contribution in [3.05, 3.63) is 59.4 Å².